The van der Waals surface area contributed by atoms with Gasteiger partial charge < -0.3 is 9.80 Å². The van der Waals surface area contributed by atoms with E-state index in [0.29, 0.717) is 31.7 Å². The predicted molar refractivity (Wildman–Crippen MR) is 122 cm³/mol. The fraction of sp³-hybridized carbons (Fsp3) is 0.609. The number of anilines is 1. The van der Waals surface area contributed by atoms with Crippen LogP contribution in [0.1, 0.15) is 62.7 Å². The van der Waals surface area contributed by atoms with E-state index in [2.05, 4.69) is 11.5 Å². The molecule has 1 aromatic carbocycles. The third kappa shape index (κ3) is 5.06. The van der Waals surface area contributed by atoms with E-state index in [1.54, 1.807) is 21.3 Å². The molecule has 30 heavy (non-hydrogen) atoms. The average molecular weight is 434 g/mol. The van der Waals surface area contributed by atoms with Crippen molar-refractivity contribution >= 4 is 21.6 Å². The third-order valence-electron chi connectivity index (χ3n) is 5.98. The van der Waals surface area contributed by atoms with Gasteiger partial charge in [0, 0.05) is 45.0 Å². The largest absolute Gasteiger partial charge is 0.371 e. The normalized spacial score (nSPS) is 18.3. The summed E-state index contributed by atoms with van der Waals surface area (Å²) < 4.78 is 28.0. The molecular formula is C23H35N3O3S. The van der Waals surface area contributed by atoms with Crippen LogP contribution in [0.4, 0.5) is 5.69 Å². The van der Waals surface area contributed by atoms with Gasteiger partial charge >= 0.3 is 0 Å². The number of rotatable bonds is 7. The van der Waals surface area contributed by atoms with E-state index in [1.165, 1.54) is 6.42 Å². The van der Waals surface area contributed by atoms with Gasteiger partial charge in [0.2, 0.25) is 10.0 Å². The number of benzene rings is 1. The average Bonchev–Trinajstić information content (AvgIpc) is 2.77. The molecule has 0 atom stereocenters. The van der Waals surface area contributed by atoms with E-state index >= 15 is 0 Å². The van der Waals surface area contributed by atoms with E-state index < -0.39 is 10.0 Å². The van der Waals surface area contributed by atoms with Crippen molar-refractivity contribution in [3.63, 3.8) is 0 Å². The van der Waals surface area contributed by atoms with Crippen LogP contribution in [0.15, 0.2) is 35.2 Å². The molecule has 1 aromatic rings. The van der Waals surface area contributed by atoms with Gasteiger partial charge in [-0.3, -0.25) is 4.79 Å². The van der Waals surface area contributed by atoms with Crippen LogP contribution in [0.5, 0.6) is 0 Å². The summed E-state index contributed by atoms with van der Waals surface area (Å²) in [6.45, 7) is 11.7. The monoisotopic (exact) mass is 433 g/mol. The lowest BCUT2D eigenvalue weighted by Crippen LogP contribution is -2.37. The van der Waals surface area contributed by atoms with Crippen molar-refractivity contribution in [1.29, 1.82) is 0 Å². The smallest absolute Gasteiger partial charge is 0.256 e. The summed E-state index contributed by atoms with van der Waals surface area (Å²) in [7, 11) is -3.59. The van der Waals surface area contributed by atoms with Crippen LogP contribution in [0, 0.1) is 0 Å². The molecule has 0 unspecified atom stereocenters. The second kappa shape index (κ2) is 9.96. The van der Waals surface area contributed by atoms with Crippen molar-refractivity contribution < 1.29 is 13.2 Å². The lowest BCUT2D eigenvalue weighted by atomic mass is 10.1. The highest BCUT2D eigenvalue weighted by Gasteiger charge is 2.29. The zero-order chi connectivity index (χ0) is 21.7. The van der Waals surface area contributed by atoms with Crippen molar-refractivity contribution in [2.24, 2.45) is 0 Å². The summed E-state index contributed by atoms with van der Waals surface area (Å²) in [6, 6.07) is 5.13. The lowest BCUT2D eigenvalue weighted by molar-refractivity contribution is 0.0778. The first kappa shape index (κ1) is 22.8. The Kier molecular flexibility index (Phi) is 7.58. The molecule has 3 rings (SSSR count). The van der Waals surface area contributed by atoms with Gasteiger partial charge in [0.05, 0.1) is 10.5 Å². The number of piperidine rings is 2. The second-order valence-corrected chi connectivity index (χ2v) is 10.4. The van der Waals surface area contributed by atoms with Crippen LogP contribution < -0.4 is 4.90 Å². The molecule has 2 heterocycles. The maximum Gasteiger partial charge on any atom is 0.256 e. The van der Waals surface area contributed by atoms with Crippen LogP contribution in [0.3, 0.4) is 0 Å². The molecule has 2 saturated heterocycles. The molecule has 0 aromatic heterocycles. The third-order valence-corrected chi connectivity index (χ3v) is 7.87. The maximum absolute atomic E-state index is 13.5. The van der Waals surface area contributed by atoms with Gasteiger partial charge in [-0.05, 0) is 64.2 Å². The highest BCUT2D eigenvalue weighted by Crippen LogP contribution is 2.30. The Bertz CT molecular complexity index is 870. The Labute approximate surface area is 181 Å². The van der Waals surface area contributed by atoms with Gasteiger partial charge in [-0.1, -0.05) is 18.6 Å². The number of hydrogen-bond acceptors (Lipinski definition) is 4. The zero-order valence-corrected chi connectivity index (χ0v) is 19.2. The zero-order valence-electron chi connectivity index (χ0n) is 18.4. The Morgan fingerprint density at radius 1 is 1.03 bits per heavy atom. The van der Waals surface area contributed by atoms with Gasteiger partial charge in [-0.15, -0.1) is 0 Å². The second-order valence-electron chi connectivity index (χ2n) is 8.47. The number of carbonyl (C=O) groups is 1. The van der Waals surface area contributed by atoms with E-state index in [1.807, 2.05) is 19.9 Å². The highest BCUT2D eigenvalue weighted by atomic mass is 32.2. The van der Waals surface area contributed by atoms with E-state index in [-0.39, 0.29) is 10.8 Å². The van der Waals surface area contributed by atoms with Crippen LogP contribution in [0.2, 0.25) is 0 Å². The molecule has 0 N–H and O–H groups in total. The lowest BCUT2D eigenvalue weighted by Gasteiger charge is -2.32. The minimum Gasteiger partial charge on any atom is -0.371 e. The molecular weight excluding hydrogens is 398 g/mol. The highest BCUT2D eigenvalue weighted by molar-refractivity contribution is 7.89. The summed E-state index contributed by atoms with van der Waals surface area (Å²) in [6.07, 6.45) is 6.21. The van der Waals surface area contributed by atoms with E-state index in [0.717, 1.165) is 56.5 Å². The van der Waals surface area contributed by atoms with Crippen LogP contribution in [-0.4, -0.2) is 62.8 Å². The van der Waals surface area contributed by atoms with Crippen LogP contribution in [-0.2, 0) is 10.0 Å². The summed E-state index contributed by atoms with van der Waals surface area (Å²) in [5.74, 6) is -0.128. The van der Waals surface area contributed by atoms with Crippen molar-refractivity contribution in [2.75, 3.05) is 44.2 Å². The maximum atomic E-state index is 13.5. The van der Waals surface area contributed by atoms with Crippen LogP contribution in [0.25, 0.3) is 0 Å². The number of nitrogens with zero attached hydrogens (tertiary/aromatic N) is 3. The van der Waals surface area contributed by atoms with Crippen molar-refractivity contribution in [3.05, 3.63) is 35.9 Å². The van der Waals surface area contributed by atoms with Crippen molar-refractivity contribution in [3.8, 4) is 0 Å². The van der Waals surface area contributed by atoms with Crippen molar-refractivity contribution in [1.82, 2.24) is 9.21 Å². The first-order chi connectivity index (χ1) is 14.3. The summed E-state index contributed by atoms with van der Waals surface area (Å²) in [5.41, 5.74) is 2.23. The molecule has 0 radical (unpaired) electrons. The fourth-order valence-corrected chi connectivity index (χ4v) is 5.88. The van der Waals surface area contributed by atoms with Gasteiger partial charge in [0.15, 0.2) is 0 Å². The Balaban J connectivity index is 2.02. The number of carbonyl (C=O) groups excluding carboxylic acids is 1. The van der Waals surface area contributed by atoms with Crippen molar-refractivity contribution in [2.45, 2.75) is 57.3 Å². The van der Waals surface area contributed by atoms with Gasteiger partial charge in [-0.2, -0.15) is 4.31 Å². The van der Waals surface area contributed by atoms with E-state index in [4.69, 9.17) is 0 Å². The minimum absolute atomic E-state index is 0.128. The molecule has 1 amide bonds. The Morgan fingerprint density at radius 3 is 2.20 bits per heavy atom. The number of hydrogen-bond donors (Lipinski definition) is 0. The molecule has 2 aliphatic heterocycles. The predicted octanol–water partition coefficient (Wildman–Crippen LogP) is 3.89. The van der Waals surface area contributed by atoms with E-state index in [9.17, 15) is 13.2 Å². The molecule has 0 bridgehead atoms. The Hall–Kier alpha value is -1.86. The molecule has 2 fully saturated rings. The molecule has 6 nitrogen and oxygen atoms in total. The van der Waals surface area contributed by atoms with Gasteiger partial charge in [0.25, 0.3) is 5.91 Å². The quantitative estimate of drug-likeness (QED) is 0.612. The number of amides is 1. The first-order valence-corrected chi connectivity index (χ1v) is 12.6. The first-order valence-electron chi connectivity index (χ1n) is 11.2. The van der Waals surface area contributed by atoms with Gasteiger partial charge in [0.1, 0.15) is 0 Å². The SMILES string of the molecule is C=C(C)CN(CC)C(=O)c1cc(S(=O)(=O)N2CCCCC2)ccc1N1CCCCC1. The standard InChI is InChI=1S/C23H35N3O3S/c1-4-24(18-19(2)3)23(27)21-17-20(30(28,29)26-15-9-6-10-16-26)11-12-22(21)25-13-7-5-8-14-25/h11-12,17H,2,4-10,13-16,18H2,1,3H3. The number of sulfonamides is 1. The minimum atomic E-state index is -3.59. The van der Waals surface area contributed by atoms with Gasteiger partial charge in [-0.25, -0.2) is 8.42 Å². The van der Waals surface area contributed by atoms with Crippen LogP contribution >= 0.6 is 0 Å². The summed E-state index contributed by atoms with van der Waals surface area (Å²) >= 11 is 0. The summed E-state index contributed by atoms with van der Waals surface area (Å²) in [5, 5.41) is 0. The molecule has 0 aliphatic carbocycles. The molecule has 2 aliphatic rings. The summed E-state index contributed by atoms with van der Waals surface area (Å²) in [4.78, 5) is 17.7. The molecule has 7 heteroatoms. The molecule has 166 valence electrons. The topological polar surface area (TPSA) is 60.9 Å². The number of likely N-dealkylation sites (N-methyl/N-ethyl adjacent to an activating group) is 1. The molecule has 0 spiro atoms. The molecule has 0 saturated carbocycles. The Morgan fingerprint density at radius 2 is 1.63 bits per heavy atom. The fourth-order valence-electron chi connectivity index (χ4n) is 4.34.